The number of rotatable bonds is 8. The predicted molar refractivity (Wildman–Crippen MR) is 111 cm³/mol. The van der Waals surface area contributed by atoms with E-state index in [2.05, 4.69) is 23.8 Å². The van der Waals surface area contributed by atoms with Crippen LogP contribution in [0.3, 0.4) is 0 Å². The molecule has 0 aliphatic rings. The van der Waals surface area contributed by atoms with Gasteiger partial charge in [0.1, 0.15) is 11.0 Å². The standard InChI is InChI=1S/C20H25N2O4PS/c1-5-16(15-6-9-21-10-7-15)26-27(23,24)17-8-11-25-20(17)19-18(12-13(2)3)28-14(4)22-19/h6-11,13,16H,5,12H2,1-4H3,(H,23,24). The summed E-state index contributed by atoms with van der Waals surface area (Å²) in [6, 6.07) is 5.08. The monoisotopic (exact) mass is 420 g/mol. The molecule has 0 aliphatic heterocycles. The average Bonchev–Trinajstić information content (AvgIpc) is 3.27. The summed E-state index contributed by atoms with van der Waals surface area (Å²) in [5.74, 6) is 0.751. The molecule has 0 saturated carbocycles. The normalized spacial score (nSPS) is 14.9. The average molecular weight is 420 g/mol. The maximum Gasteiger partial charge on any atom is 0.363 e. The zero-order valence-electron chi connectivity index (χ0n) is 16.5. The molecule has 0 radical (unpaired) electrons. The molecule has 0 amide bonds. The number of hydrogen-bond donors (Lipinski definition) is 1. The molecule has 8 heteroatoms. The Balaban J connectivity index is 1.95. The van der Waals surface area contributed by atoms with Crippen molar-refractivity contribution >= 4 is 24.2 Å². The molecule has 2 unspecified atom stereocenters. The smallest absolute Gasteiger partial charge is 0.363 e. The molecule has 2 atom stereocenters. The maximum atomic E-state index is 13.2. The van der Waals surface area contributed by atoms with Gasteiger partial charge >= 0.3 is 7.60 Å². The highest BCUT2D eigenvalue weighted by atomic mass is 32.1. The zero-order chi connectivity index (χ0) is 20.3. The third kappa shape index (κ3) is 4.61. The summed E-state index contributed by atoms with van der Waals surface area (Å²) in [6.45, 7) is 8.09. The second-order valence-electron chi connectivity index (χ2n) is 7.04. The van der Waals surface area contributed by atoms with Gasteiger partial charge in [0.15, 0.2) is 5.76 Å². The van der Waals surface area contributed by atoms with E-state index < -0.39 is 13.7 Å². The molecule has 0 fully saturated rings. The molecule has 0 saturated heterocycles. The van der Waals surface area contributed by atoms with Crippen molar-refractivity contribution in [2.24, 2.45) is 5.92 Å². The van der Waals surface area contributed by atoms with Crippen LogP contribution < -0.4 is 5.30 Å². The molecule has 3 aromatic rings. The molecule has 1 N–H and O–H groups in total. The zero-order valence-corrected chi connectivity index (χ0v) is 18.2. The summed E-state index contributed by atoms with van der Waals surface area (Å²) in [5, 5.41) is 1.04. The number of hydrogen-bond acceptors (Lipinski definition) is 6. The molecule has 3 heterocycles. The van der Waals surface area contributed by atoms with Gasteiger partial charge in [0.25, 0.3) is 0 Å². The van der Waals surface area contributed by atoms with Crippen LogP contribution in [0.5, 0.6) is 0 Å². The van der Waals surface area contributed by atoms with E-state index in [1.54, 1.807) is 35.9 Å². The fourth-order valence-electron chi connectivity index (χ4n) is 3.04. The Kier molecular flexibility index (Phi) is 6.50. The van der Waals surface area contributed by atoms with Crippen molar-refractivity contribution in [2.45, 2.75) is 46.6 Å². The van der Waals surface area contributed by atoms with Gasteiger partial charge in [-0.25, -0.2) is 4.98 Å². The Hall–Kier alpha value is -1.79. The van der Waals surface area contributed by atoms with Crippen LogP contribution in [-0.4, -0.2) is 14.9 Å². The fraction of sp³-hybridized carbons (Fsp3) is 0.400. The summed E-state index contributed by atoms with van der Waals surface area (Å²) in [7, 11) is -4.13. The Labute approximate surface area is 169 Å². The van der Waals surface area contributed by atoms with Crippen molar-refractivity contribution in [2.75, 3.05) is 0 Å². The minimum Gasteiger partial charge on any atom is -0.462 e. The van der Waals surface area contributed by atoms with E-state index in [1.165, 1.54) is 12.3 Å². The van der Waals surface area contributed by atoms with Crippen molar-refractivity contribution in [1.82, 2.24) is 9.97 Å². The first kappa shape index (κ1) is 20.9. The number of furan rings is 1. The van der Waals surface area contributed by atoms with Crippen LogP contribution in [0.1, 0.15) is 48.7 Å². The lowest BCUT2D eigenvalue weighted by Gasteiger charge is -2.20. The van der Waals surface area contributed by atoms with E-state index in [4.69, 9.17) is 8.94 Å². The topological polar surface area (TPSA) is 85.5 Å². The van der Waals surface area contributed by atoms with Crippen LogP contribution in [0, 0.1) is 12.8 Å². The number of aromatic nitrogens is 2. The second-order valence-corrected chi connectivity index (χ2v) is 10.1. The van der Waals surface area contributed by atoms with Gasteiger partial charge in [0.05, 0.1) is 17.4 Å². The number of pyridine rings is 1. The fourth-order valence-corrected chi connectivity index (χ4v) is 5.58. The summed E-state index contributed by atoms with van der Waals surface area (Å²) in [5.41, 5.74) is 1.44. The summed E-state index contributed by atoms with van der Waals surface area (Å²) >= 11 is 1.59. The largest absolute Gasteiger partial charge is 0.462 e. The highest BCUT2D eigenvalue weighted by Gasteiger charge is 2.34. The Morgan fingerprint density at radius 2 is 2.00 bits per heavy atom. The lowest BCUT2D eigenvalue weighted by Crippen LogP contribution is -2.12. The predicted octanol–water partition coefficient (Wildman–Crippen LogP) is 5.28. The van der Waals surface area contributed by atoms with Gasteiger partial charge in [-0.1, -0.05) is 20.8 Å². The van der Waals surface area contributed by atoms with Crippen LogP contribution in [0.2, 0.25) is 0 Å². The van der Waals surface area contributed by atoms with Gasteiger partial charge in [-0.3, -0.25) is 14.1 Å². The molecular formula is C20H25N2O4PS. The Morgan fingerprint density at radius 1 is 1.29 bits per heavy atom. The van der Waals surface area contributed by atoms with E-state index in [0.29, 0.717) is 23.8 Å². The lowest BCUT2D eigenvalue weighted by molar-refractivity contribution is 0.178. The molecule has 28 heavy (non-hydrogen) atoms. The number of aryl methyl sites for hydroxylation is 1. The molecule has 0 aromatic carbocycles. The van der Waals surface area contributed by atoms with E-state index in [9.17, 15) is 9.46 Å². The molecule has 6 nitrogen and oxygen atoms in total. The Bertz CT molecular complexity index is 968. The van der Waals surface area contributed by atoms with Crippen LogP contribution >= 0.6 is 18.9 Å². The minimum atomic E-state index is -4.13. The highest BCUT2D eigenvalue weighted by molar-refractivity contribution is 7.61. The third-order valence-electron chi connectivity index (χ3n) is 4.28. The first-order chi connectivity index (χ1) is 13.3. The second kappa shape index (κ2) is 8.70. The van der Waals surface area contributed by atoms with Gasteiger partial charge in [-0.05, 0) is 49.4 Å². The van der Waals surface area contributed by atoms with Gasteiger partial charge in [-0.2, -0.15) is 0 Å². The van der Waals surface area contributed by atoms with Crippen molar-refractivity contribution in [1.29, 1.82) is 0 Å². The van der Waals surface area contributed by atoms with E-state index in [-0.39, 0.29) is 5.30 Å². The molecule has 0 aliphatic carbocycles. The van der Waals surface area contributed by atoms with Crippen LogP contribution in [-0.2, 0) is 15.5 Å². The first-order valence-corrected chi connectivity index (χ1v) is 11.7. The maximum absolute atomic E-state index is 13.2. The SMILES string of the molecule is CCC(OP(=O)(O)c1ccoc1-c1nc(C)sc1CC(C)C)c1ccncc1. The van der Waals surface area contributed by atoms with Crippen molar-refractivity contribution in [3.8, 4) is 11.5 Å². The van der Waals surface area contributed by atoms with Gasteiger partial charge < -0.3 is 9.31 Å². The van der Waals surface area contributed by atoms with Gasteiger partial charge in [0.2, 0.25) is 0 Å². The minimum absolute atomic E-state index is 0.148. The Morgan fingerprint density at radius 3 is 2.64 bits per heavy atom. The molecule has 0 bridgehead atoms. The quantitative estimate of drug-likeness (QED) is 0.499. The lowest BCUT2D eigenvalue weighted by atomic mass is 10.1. The van der Waals surface area contributed by atoms with Crippen molar-refractivity contribution < 1.29 is 18.4 Å². The van der Waals surface area contributed by atoms with E-state index >= 15 is 0 Å². The van der Waals surface area contributed by atoms with Gasteiger partial charge in [0, 0.05) is 17.3 Å². The number of nitrogens with zero attached hydrogens (tertiary/aromatic N) is 2. The summed E-state index contributed by atoms with van der Waals surface area (Å²) < 4.78 is 24.5. The van der Waals surface area contributed by atoms with Crippen LogP contribution in [0.4, 0.5) is 0 Å². The molecule has 3 rings (SSSR count). The highest BCUT2D eigenvalue weighted by Crippen LogP contribution is 2.49. The van der Waals surface area contributed by atoms with Crippen molar-refractivity contribution in [3.05, 3.63) is 52.3 Å². The van der Waals surface area contributed by atoms with Crippen molar-refractivity contribution in [3.63, 3.8) is 0 Å². The number of thiazole rings is 1. The molecule has 150 valence electrons. The van der Waals surface area contributed by atoms with Crippen LogP contribution in [0.15, 0.2) is 41.3 Å². The van der Waals surface area contributed by atoms with E-state index in [0.717, 1.165) is 21.9 Å². The van der Waals surface area contributed by atoms with Gasteiger partial charge in [-0.15, -0.1) is 11.3 Å². The van der Waals surface area contributed by atoms with E-state index in [1.807, 2.05) is 13.8 Å². The summed E-state index contributed by atoms with van der Waals surface area (Å²) in [6.07, 6.45) is 5.56. The molecule has 3 aromatic heterocycles. The van der Waals surface area contributed by atoms with Crippen LogP contribution in [0.25, 0.3) is 11.5 Å². The molecule has 0 spiro atoms. The third-order valence-corrected chi connectivity index (χ3v) is 6.78. The first-order valence-electron chi connectivity index (χ1n) is 9.27. The summed E-state index contributed by atoms with van der Waals surface area (Å²) in [4.78, 5) is 20.4. The molecular weight excluding hydrogens is 395 g/mol.